The number of halogens is 1. The van der Waals surface area contributed by atoms with Gasteiger partial charge in [-0.15, -0.1) is 0 Å². The summed E-state index contributed by atoms with van der Waals surface area (Å²) >= 11 is 3.29. The van der Waals surface area contributed by atoms with E-state index in [0.29, 0.717) is 11.3 Å². The number of amides is 1. The Hall–Kier alpha value is -1.90. The smallest absolute Gasteiger partial charge is 0.261 e. The van der Waals surface area contributed by atoms with Crippen LogP contribution in [0.25, 0.3) is 0 Å². The maximum Gasteiger partial charge on any atom is 0.261 e. The van der Waals surface area contributed by atoms with Gasteiger partial charge in [0.05, 0.1) is 4.90 Å². The number of nitrogens with zero attached hydrogens (tertiary/aromatic N) is 2. The lowest BCUT2D eigenvalue weighted by Crippen LogP contribution is -2.44. The molecule has 0 radical (unpaired) electrons. The maximum absolute atomic E-state index is 12.7. The first-order chi connectivity index (χ1) is 13.3. The molecule has 2 aromatic carbocycles. The number of sulfonamides is 1. The van der Waals surface area contributed by atoms with Crippen molar-refractivity contribution in [2.75, 3.05) is 31.9 Å². The van der Waals surface area contributed by atoms with Crippen molar-refractivity contribution < 1.29 is 13.2 Å². The Kier molecular flexibility index (Phi) is 6.42. The second-order valence-electron chi connectivity index (χ2n) is 7.09. The van der Waals surface area contributed by atoms with Crippen LogP contribution in [0.5, 0.6) is 0 Å². The average molecular weight is 466 g/mol. The zero-order valence-corrected chi connectivity index (χ0v) is 18.3. The molecular formula is C20H24BrN3O3S. The van der Waals surface area contributed by atoms with E-state index in [9.17, 15) is 13.2 Å². The van der Waals surface area contributed by atoms with Crippen LogP contribution in [-0.4, -0.2) is 57.4 Å². The molecule has 150 valence electrons. The lowest BCUT2D eigenvalue weighted by molar-refractivity contribution is 0.0659. The van der Waals surface area contributed by atoms with Crippen molar-refractivity contribution in [3.05, 3.63) is 58.6 Å². The van der Waals surface area contributed by atoms with Gasteiger partial charge >= 0.3 is 0 Å². The van der Waals surface area contributed by atoms with Gasteiger partial charge in [0, 0.05) is 28.8 Å². The number of benzene rings is 2. The summed E-state index contributed by atoms with van der Waals surface area (Å²) in [6, 6.07) is 13.2. The molecule has 0 saturated carbocycles. The molecule has 1 N–H and O–H groups in total. The van der Waals surface area contributed by atoms with Gasteiger partial charge in [-0.2, -0.15) is 0 Å². The van der Waals surface area contributed by atoms with Gasteiger partial charge in [-0.3, -0.25) is 9.52 Å². The Balaban J connectivity index is 1.67. The van der Waals surface area contributed by atoms with Crippen molar-refractivity contribution in [1.29, 1.82) is 0 Å². The fourth-order valence-corrected chi connectivity index (χ4v) is 4.58. The van der Waals surface area contributed by atoms with E-state index < -0.39 is 10.0 Å². The number of likely N-dealkylation sites (tertiary alicyclic amines) is 1. The third-order valence-electron chi connectivity index (χ3n) is 5.06. The largest absolute Gasteiger partial charge is 0.339 e. The van der Waals surface area contributed by atoms with Crippen molar-refractivity contribution >= 4 is 37.5 Å². The molecule has 1 aliphatic rings. The van der Waals surface area contributed by atoms with E-state index in [2.05, 4.69) is 32.6 Å². The molecule has 1 aliphatic heterocycles. The number of rotatable bonds is 5. The summed E-state index contributed by atoms with van der Waals surface area (Å²) in [5.41, 5.74) is 0.967. The van der Waals surface area contributed by atoms with E-state index >= 15 is 0 Å². The molecule has 1 saturated heterocycles. The first kappa shape index (κ1) is 20.8. The minimum absolute atomic E-state index is 0.0446. The Morgan fingerprint density at radius 1 is 1.07 bits per heavy atom. The van der Waals surface area contributed by atoms with Crippen LogP contribution >= 0.6 is 15.9 Å². The average Bonchev–Trinajstić information content (AvgIpc) is 2.68. The third-order valence-corrected chi connectivity index (χ3v) is 6.99. The Morgan fingerprint density at radius 2 is 1.64 bits per heavy atom. The highest BCUT2D eigenvalue weighted by Crippen LogP contribution is 2.21. The Bertz CT molecular complexity index is 922. The van der Waals surface area contributed by atoms with Gasteiger partial charge in [-0.05, 0) is 81.5 Å². The zero-order valence-electron chi connectivity index (χ0n) is 15.9. The first-order valence-corrected chi connectivity index (χ1v) is 11.4. The molecule has 0 bridgehead atoms. The monoisotopic (exact) mass is 465 g/mol. The van der Waals surface area contributed by atoms with Crippen LogP contribution < -0.4 is 4.72 Å². The molecular weight excluding hydrogens is 442 g/mol. The van der Waals surface area contributed by atoms with E-state index in [1.54, 1.807) is 41.3 Å². The Morgan fingerprint density at radius 3 is 2.21 bits per heavy atom. The van der Waals surface area contributed by atoms with Gasteiger partial charge in [0.25, 0.3) is 15.9 Å². The molecule has 1 amide bonds. The number of carbonyl (C=O) groups is 1. The Labute approximate surface area is 174 Å². The van der Waals surface area contributed by atoms with Gasteiger partial charge < -0.3 is 9.80 Å². The number of hydrogen-bond acceptors (Lipinski definition) is 4. The van der Waals surface area contributed by atoms with E-state index in [-0.39, 0.29) is 16.8 Å². The van der Waals surface area contributed by atoms with Crippen LogP contribution in [0.2, 0.25) is 0 Å². The standard InChI is InChI=1S/C20H24BrN3O3S/c1-23-13-11-18(12-14-23)24(2)20(25)15-3-7-17(8-4-15)22-28(26,27)19-9-5-16(21)6-10-19/h3-10,18,22H,11-14H2,1-2H3. The lowest BCUT2D eigenvalue weighted by Gasteiger charge is -2.35. The molecule has 1 heterocycles. The van der Waals surface area contributed by atoms with Crippen molar-refractivity contribution in [3.8, 4) is 0 Å². The van der Waals surface area contributed by atoms with E-state index in [1.807, 2.05) is 7.05 Å². The number of carbonyl (C=O) groups excluding carboxylic acids is 1. The van der Waals surface area contributed by atoms with Gasteiger partial charge in [-0.25, -0.2) is 8.42 Å². The number of piperidine rings is 1. The molecule has 0 spiro atoms. The predicted octanol–water partition coefficient (Wildman–Crippen LogP) is 3.42. The fraction of sp³-hybridized carbons (Fsp3) is 0.350. The molecule has 2 aromatic rings. The number of hydrogen-bond donors (Lipinski definition) is 1. The normalized spacial score (nSPS) is 16.0. The van der Waals surface area contributed by atoms with E-state index in [1.165, 1.54) is 12.1 Å². The molecule has 0 unspecified atom stereocenters. The summed E-state index contributed by atoms with van der Waals surface area (Å²) in [5.74, 6) is -0.0446. The van der Waals surface area contributed by atoms with Crippen LogP contribution in [-0.2, 0) is 10.0 Å². The maximum atomic E-state index is 12.7. The molecule has 3 rings (SSSR count). The van der Waals surface area contributed by atoms with Crippen LogP contribution in [0, 0.1) is 0 Å². The highest BCUT2D eigenvalue weighted by Gasteiger charge is 2.24. The summed E-state index contributed by atoms with van der Waals surface area (Å²) in [7, 11) is 0.252. The first-order valence-electron chi connectivity index (χ1n) is 9.10. The lowest BCUT2D eigenvalue weighted by atomic mass is 10.0. The second-order valence-corrected chi connectivity index (χ2v) is 9.69. The molecule has 0 aliphatic carbocycles. The van der Waals surface area contributed by atoms with Crippen molar-refractivity contribution in [2.45, 2.75) is 23.8 Å². The van der Waals surface area contributed by atoms with Gasteiger partial charge in [0.2, 0.25) is 0 Å². The highest BCUT2D eigenvalue weighted by atomic mass is 79.9. The van der Waals surface area contributed by atoms with Gasteiger partial charge in [0.1, 0.15) is 0 Å². The van der Waals surface area contributed by atoms with Gasteiger partial charge in [0.15, 0.2) is 0 Å². The zero-order chi connectivity index (χ0) is 20.3. The summed E-state index contributed by atoms with van der Waals surface area (Å²) in [6.45, 7) is 1.97. The second kappa shape index (κ2) is 8.63. The van der Waals surface area contributed by atoms with Crippen LogP contribution in [0.1, 0.15) is 23.2 Å². The SMILES string of the molecule is CN1CCC(N(C)C(=O)c2ccc(NS(=O)(=O)c3ccc(Br)cc3)cc2)CC1. The van der Waals surface area contributed by atoms with E-state index in [0.717, 1.165) is 30.4 Å². The summed E-state index contributed by atoms with van der Waals surface area (Å²) < 4.78 is 28.3. The minimum Gasteiger partial charge on any atom is -0.339 e. The molecule has 28 heavy (non-hydrogen) atoms. The molecule has 0 aromatic heterocycles. The molecule has 1 fully saturated rings. The van der Waals surface area contributed by atoms with Crippen LogP contribution in [0.15, 0.2) is 57.9 Å². The van der Waals surface area contributed by atoms with E-state index in [4.69, 9.17) is 0 Å². The fourth-order valence-electron chi connectivity index (χ4n) is 3.26. The third kappa shape index (κ3) is 4.92. The van der Waals surface area contributed by atoms with Crippen molar-refractivity contribution in [3.63, 3.8) is 0 Å². The molecule has 0 atom stereocenters. The number of anilines is 1. The highest BCUT2D eigenvalue weighted by molar-refractivity contribution is 9.10. The van der Waals surface area contributed by atoms with Gasteiger partial charge in [-0.1, -0.05) is 15.9 Å². The summed E-state index contributed by atoms with van der Waals surface area (Å²) in [6.07, 6.45) is 1.92. The summed E-state index contributed by atoms with van der Waals surface area (Å²) in [4.78, 5) is 17.0. The van der Waals surface area contributed by atoms with Crippen LogP contribution in [0.3, 0.4) is 0 Å². The predicted molar refractivity (Wildman–Crippen MR) is 114 cm³/mol. The number of nitrogens with one attached hydrogen (secondary N) is 1. The quantitative estimate of drug-likeness (QED) is 0.734. The van der Waals surface area contributed by atoms with Crippen molar-refractivity contribution in [1.82, 2.24) is 9.80 Å². The molecule has 6 nitrogen and oxygen atoms in total. The summed E-state index contributed by atoms with van der Waals surface area (Å²) in [5, 5.41) is 0. The molecule has 8 heteroatoms. The van der Waals surface area contributed by atoms with Crippen LogP contribution in [0.4, 0.5) is 5.69 Å². The minimum atomic E-state index is -3.67. The topological polar surface area (TPSA) is 69.7 Å². The van der Waals surface area contributed by atoms with Crippen molar-refractivity contribution in [2.24, 2.45) is 0 Å².